The zero-order valence-corrected chi connectivity index (χ0v) is 15.4. The average molecular weight is 380 g/mol. The Kier molecular flexibility index (Phi) is 9.41. The second kappa shape index (κ2) is 11.8. The third-order valence-corrected chi connectivity index (χ3v) is 4.86. The fraction of sp³-hybridized carbons (Fsp3) is 0.600. The number of carbonyl (C=O) groups is 2. The van der Waals surface area contributed by atoms with E-state index in [0.717, 1.165) is 35.8 Å². The van der Waals surface area contributed by atoms with E-state index in [1.165, 1.54) is 12.8 Å². The molecule has 0 saturated heterocycles. The molecule has 27 heavy (non-hydrogen) atoms. The van der Waals surface area contributed by atoms with E-state index >= 15 is 0 Å². The summed E-state index contributed by atoms with van der Waals surface area (Å²) in [6.07, 6.45) is 14.7. The third-order valence-electron chi connectivity index (χ3n) is 4.86. The molecule has 1 aliphatic heterocycles. The molecule has 0 aromatic rings. The predicted octanol–water partition coefficient (Wildman–Crippen LogP) is 1.01. The van der Waals surface area contributed by atoms with Crippen molar-refractivity contribution in [1.29, 1.82) is 0 Å². The minimum atomic E-state index is -0.579. The van der Waals surface area contributed by atoms with Crippen LogP contribution in [0.2, 0.25) is 0 Å². The summed E-state index contributed by atoms with van der Waals surface area (Å²) in [6.45, 7) is 1.73. The molecule has 4 rings (SSSR count). The van der Waals surface area contributed by atoms with Crippen molar-refractivity contribution in [3.63, 3.8) is 0 Å². The second-order valence-corrected chi connectivity index (χ2v) is 6.60. The molecular weight excluding hydrogens is 352 g/mol. The highest BCUT2D eigenvalue weighted by Gasteiger charge is 2.44. The maximum atomic E-state index is 9.92. The first kappa shape index (κ1) is 21.5. The standard InChI is InChI=1S/C10H12.C6H14O4.C4H2O3/c1-2-9-7-4-5-8(6-7)10(9)3-1;7-1-3-9-5-6-10-4-2-8;5-3-1-2-4(6)7-3/h1-2,4-5,7-10H,3,6H2;7-8H,1-6H2;1-2H. The zero-order chi connectivity index (χ0) is 19.5. The van der Waals surface area contributed by atoms with Gasteiger partial charge < -0.3 is 24.4 Å². The van der Waals surface area contributed by atoms with Gasteiger partial charge in [0.15, 0.2) is 0 Å². The van der Waals surface area contributed by atoms with Crippen LogP contribution in [0.3, 0.4) is 0 Å². The van der Waals surface area contributed by atoms with Gasteiger partial charge in [-0.25, -0.2) is 9.59 Å². The van der Waals surface area contributed by atoms with E-state index in [4.69, 9.17) is 19.7 Å². The molecule has 2 bridgehead atoms. The van der Waals surface area contributed by atoms with Gasteiger partial charge in [-0.05, 0) is 36.5 Å². The quantitative estimate of drug-likeness (QED) is 0.294. The SMILES string of the molecule is C1=CC2C3C=CC(C3)C2C1.O=C1C=CC(=O)O1.OCCOCCOCCO. The summed E-state index contributed by atoms with van der Waals surface area (Å²) in [5, 5.41) is 16.5. The predicted molar refractivity (Wildman–Crippen MR) is 97.5 cm³/mol. The Balaban J connectivity index is 0.000000148. The van der Waals surface area contributed by atoms with Gasteiger partial charge in [0.25, 0.3) is 0 Å². The van der Waals surface area contributed by atoms with Gasteiger partial charge >= 0.3 is 11.9 Å². The minimum absolute atomic E-state index is 0.0417. The molecule has 0 aromatic heterocycles. The van der Waals surface area contributed by atoms with Crippen LogP contribution in [0.25, 0.3) is 0 Å². The Bertz CT molecular complexity index is 543. The molecule has 1 fully saturated rings. The lowest BCUT2D eigenvalue weighted by atomic mass is 9.86. The van der Waals surface area contributed by atoms with E-state index in [2.05, 4.69) is 29.0 Å². The van der Waals surface area contributed by atoms with Crippen LogP contribution in [0.1, 0.15) is 12.8 Å². The van der Waals surface area contributed by atoms with Crippen molar-refractivity contribution in [2.75, 3.05) is 39.6 Å². The number of esters is 2. The fourth-order valence-corrected chi connectivity index (χ4v) is 3.73. The molecule has 4 aliphatic rings. The molecule has 0 spiro atoms. The molecule has 7 nitrogen and oxygen atoms in total. The first-order valence-electron chi connectivity index (χ1n) is 9.31. The lowest BCUT2D eigenvalue weighted by Crippen LogP contribution is -2.12. The summed E-state index contributed by atoms with van der Waals surface area (Å²) in [5.41, 5.74) is 0. The molecular formula is C20H28O7. The van der Waals surface area contributed by atoms with E-state index in [-0.39, 0.29) is 13.2 Å². The van der Waals surface area contributed by atoms with Gasteiger partial charge in [-0.2, -0.15) is 0 Å². The normalized spacial score (nSPS) is 28.5. The molecule has 150 valence electrons. The highest BCUT2D eigenvalue weighted by atomic mass is 16.6. The summed E-state index contributed by atoms with van der Waals surface area (Å²) in [7, 11) is 0. The van der Waals surface area contributed by atoms with Gasteiger partial charge in [0.1, 0.15) is 0 Å². The Morgan fingerprint density at radius 3 is 1.96 bits per heavy atom. The van der Waals surface area contributed by atoms with Crippen molar-refractivity contribution in [3.05, 3.63) is 36.5 Å². The van der Waals surface area contributed by atoms with Gasteiger partial charge in [-0.3, -0.25) is 0 Å². The summed E-state index contributed by atoms with van der Waals surface area (Å²) < 4.78 is 13.7. The maximum absolute atomic E-state index is 9.92. The van der Waals surface area contributed by atoms with E-state index in [9.17, 15) is 9.59 Å². The minimum Gasteiger partial charge on any atom is -0.394 e. The van der Waals surface area contributed by atoms with E-state index in [0.29, 0.717) is 26.4 Å². The van der Waals surface area contributed by atoms with Crippen molar-refractivity contribution in [2.24, 2.45) is 23.7 Å². The highest BCUT2D eigenvalue weighted by Crippen LogP contribution is 2.52. The molecule has 7 heteroatoms. The maximum Gasteiger partial charge on any atom is 0.338 e. The van der Waals surface area contributed by atoms with Crippen molar-refractivity contribution in [1.82, 2.24) is 0 Å². The Labute approximate surface area is 159 Å². The summed E-state index contributed by atoms with van der Waals surface area (Å²) in [5.74, 6) is 2.67. The van der Waals surface area contributed by atoms with Crippen LogP contribution in [-0.4, -0.2) is 61.8 Å². The lowest BCUT2D eigenvalue weighted by Gasteiger charge is -2.18. The smallest absolute Gasteiger partial charge is 0.338 e. The van der Waals surface area contributed by atoms with Gasteiger partial charge in [-0.1, -0.05) is 24.3 Å². The first-order valence-corrected chi connectivity index (χ1v) is 9.31. The number of ether oxygens (including phenoxy) is 3. The summed E-state index contributed by atoms with van der Waals surface area (Å²) in [6, 6.07) is 0. The molecule has 2 N–H and O–H groups in total. The van der Waals surface area contributed by atoms with E-state index in [1.54, 1.807) is 0 Å². The average Bonchev–Trinajstić information content (AvgIpc) is 3.42. The van der Waals surface area contributed by atoms with E-state index in [1.807, 2.05) is 0 Å². The van der Waals surface area contributed by atoms with Crippen LogP contribution in [0.15, 0.2) is 36.5 Å². The van der Waals surface area contributed by atoms with Crippen LogP contribution in [0.4, 0.5) is 0 Å². The van der Waals surface area contributed by atoms with Crippen LogP contribution in [0.5, 0.6) is 0 Å². The van der Waals surface area contributed by atoms with Crippen LogP contribution in [0, 0.1) is 23.7 Å². The number of rotatable bonds is 7. The number of fused-ring (bicyclic) bond motifs is 5. The topological polar surface area (TPSA) is 102 Å². The van der Waals surface area contributed by atoms with E-state index < -0.39 is 11.9 Å². The summed E-state index contributed by atoms with van der Waals surface area (Å²) >= 11 is 0. The van der Waals surface area contributed by atoms with Crippen molar-refractivity contribution in [2.45, 2.75) is 12.8 Å². The molecule has 4 atom stereocenters. The van der Waals surface area contributed by atoms with Crippen molar-refractivity contribution < 1.29 is 34.0 Å². The molecule has 1 heterocycles. The van der Waals surface area contributed by atoms with Crippen molar-refractivity contribution >= 4 is 11.9 Å². The first-order chi connectivity index (χ1) is 13.2. The molecule has 3 aliphatic carbocycles. The number of hydrogen-bond donors (Lipinski definition) is 2. The highest BCUT2D eigenvalue weighted by molar-refractivity contribution is 6.04. The fourth-order valence-electron chi connectivity index (χ4n) is 3.73. The second-order valence-electron chi connectivity index (χ2n) is 6.60. The Morgan fingerprint density at radius 2 is 1.48 bits per heavy atom. The Morgan fingerprint density at radius 1 is 0.889 bits per heavy atom. The summed E-state index contributed by atoms with van der Waals surface area (Å²) in [4.78, 5) is 19.8. The number of carbonyl (C=O) groups excluding carboxylic acids is 2. The third kappa shape index (κ3) is 7.03. The number of cyclic esters (lactones) is 2. The van der Waals surface area contributed by atoms with Crippen LogP contribution < -0.4 is 0 Å². The van der Waals surface area contributed by atoms with Gasteiger partial charge in [0.05, 0.1) is 39.6 Å². The molecule has 0 radical (unpaired) electrons. The Hall–Kier alpha value is -1.80. The van der Waals surface area contributed by atoms with Crippen molar-refractivity contribution in [3.8, 4) is 0 Å². The number of allylic oxidation sites excluding steroid dienone is 4. The molecule has 0 aromatic carbocycles. The van der Waals surface area contributed by atoms with Crippen LogP contribution >= 0.6 is 0 Å². The monoisotopic (exact) mass is 380 g/mol. The number of hydrogen-bond acceptors (Lipinski definition) is 7. The molecule has 4 unspecified atom stereocenters. The number of aliphatic hydroxyl groups excluding tert-OH is 2. The largest absolute Gasteiger partial charge is 0.394 e. The molecule has 0 amide bonds. The van der Waals surface area contributed by atoms with Gasteiger partial charge in [0, 0.05) is 12.2 Å². The number of aliphatic hydroxyl groups is 2. The zero-order valence-electron chi connectivity index (χ0n) is 15.4. The van der Waals surface area contributed by atoms with Gasteiger partial charge in [0.2, 0.25) is 0 Å². The van der Waals surface area contributed by atoms with Crippen LogP contribution in [-0.2, 0) is 23.8 Å². The lowest BCUT2D eigenvalue weighted by molar-refractivity contribution is -0.150. The molecule has 1 saturated carbocycles. The van der Waals surface area contributed by atoms with Gasteiger partial charge in [-0.15, -0.1) is 0 Å².